The van der Waals surface area contributed by atoms with E-state index >= 15 is 0 Å². The van der Waals surface area contributed by atoms with Crippen LogP contribution >= 0.6 is 0 Å². The first-order valence-corrected chi connectivity index (χ1v) is 6.01. The van der Waals surface area contributed by atoms with Crippen molar-refractivity contribution in [3.05, 3.63) is 12.1 Å². The van der Waals surface area contributed by atoms with Gasteiger partial charge in [-0.05, 0) is 39.2 Å². The molecule has 2 rings (SSSR count). The van der Waals surface area contributed by atoms with Gasteiger partial charge in [0, 0.05) is 19.2 Å². The molecule has 0 amide bonds. The molecule has 1 saturated heterocycles. The Morgan fingerprint density at radius 1 is 1.12 bits per heavy atom. The van der Waals surface area contributed by atoms with Crippen molar-refractivity contribution in [3.63, 3.8) is 0 Å². The SMILES string of the molecule is CC(C)Oc1ccc(N2CCCCC2)nn1. The molecule has 0 bridgehead atoms. The van der Waals surface area contributed by atoms with Crippen molar-refractivity contribution in [1.82, 2.24) is 10.2 Å². The van der Waals surface area contributed by atoms with Gasteiger partial charge in [0.15, 0.2) is 5.82 Å². The van der Waals surface area contributed by atoms with Gasteiger partial charge in [-0.3, -0.25) is 0 Å². The van der Waals surface area contributed by atoms with E-state index in [9.17, 15) is 0 Å². The van der Waals surface area contributed by atoms with Gasteiger partial charge in [0.2, 0.25) is 5.88 Å². The van der Waals surface area contributed by atoms with Crippen LogP contribution in [0.1, 0.15) is 33.1 Å². The third-order valence-corrected chi connectivity index (χ3v) is 2.66. The Morgan fingerprint density at radius 3 is 2.44 bits per heavy atom. The molecule has 4 heteroatoms. The molecule has 0 aliphatic carbocycles. The number of piperidine rings is 1. The Bertz CT molecular complexity index is 318. The summed E-state index contributed by atoms with van der Waals surface area (Å²) < 4.78 is 5.46. The fraction of sp³-hybridized carbons (Fsp3) is 0.667. The molecule has 1 aliphatic heterocycles. The van der Waals surface area contributed by atoms with Gasteiger partial charge in [0.05, 0.1) is 6.10 Å². The minimum atomic E-state index is 0.148. The average Bonchev–Trinajstić information content (AvgIpc) is 2.30. The lowest BCUT2D eigenvalue weighted by Crippen LogP contribution is -2.30. The summed E-state index contributed by atoms with van der Waals surface area (Å²) in [7, 11) is 0. The maximum Gasteiger partial charge on any atom is 0.233 e. The largest absolute Gasteiger partial charge is 0.474 e. The number of rotatable bonds is 3. The van der Waals surface area contributed by atoms with Crippen LogP contribution < -0.4 is 9.64 Å². The van der Waals surface area contributed by atoms with Crippen molar-refractivity contribution in [1.29, 1.82) is 0 Å². The molecule has 0 unspecified atom stereocenters. The van der Waals surface area contributed by atoms with E-state index in [1.54, 1.807) is 0 Å². The zero-order valence-corrected chi connectivity index (χ0v) is 10.0. The topological polar surface area (TPSA) is 38.2 Å². The second-order valence-corrected chi connectivity index (χ2v) is 4.44. The number of aromatic nitrogens is 2. The predicted octanol–water partition coefficient (Wildman–Crippen LogP) is 2.25. The molecule has 2 heterocycles. The summed E-state index contributed by atoms with van der Waals surface area (Å²) in [6.07, 6.45) is 3.99. The highest BCUT2D eigenvalue weighted by atomic mass is 16.5. The number of hydrogen-bond acceptors (Lipinski definition) is 4. The van der Waals surface area contributed by atoms with Crippen molar-refractivity contribution < 1.29 is 4.74 Å². The number of ether oxygens (including phenoxy) is 1. The monoisotopic (exact) mass is 221 g/mol. The van der Waals surface area contributed by atoms with Gasteiger partial charge >= 0.3 is 0 Å². The average molecular weight is 221 g/mol. The molecule has 4 nitrogen and oxygen atoms in total. The van der Waals surface area contributed by atoms with E-state index in [-0.39, 0.29) is 6.10 Å². The molecule has 88 valence electrons. The van der Waals surface area contributed by atoms with Gasteiger partial charge in [-0.25, -0.2) is 0 Å². The summed E-state index contributed by atoms with van der Waals surface area (Å²) in [5.74, 6) is 1.58. The van der Waals surface area contributed by atoms with Gasteiger partial charge in [0.1, 0.15) is 0 Å². The smallest absolute Gasteiger partial charge is 0.233 e. The number of hydrogen-bond donors (Lipinski definition) is 0. The molecule has 0 aromatic carbocycles. The predicted molar refractivity (Wildman–Crippen MR) is 63.9 cm³/mol. The molecule has 0 radical (unpaired) electrons. The maximum atomic E-state index is 5.46. The van der Waals surface area contributed by atoms with Gasteiger partial charge in [0.25, 0.3) is 0 Å². The third kappa shape index (κ3) is 2.84. The van der Waals surface area contributed by atoms with E-state index in [4.69, 9.17) is 4.74 Å². The Balaban J connectivity index is 2.00. The highest BCUT2D eigenvalue weighted by molar-refractivity contribution is 5.38. The quantitative estimate of drug-likeness (QED) is 0.784. The van der Waals surface area contributed by atoms with Crippen molar-refractivity contribution in [2.24, 2.45) is 0 Å². The van der Waals surface area contributed by atoms with Crippen LogP contribution in [0.4, 0.5) is 5.82 Å². The van der Waals surface area contributed by atoms with Gasteiger partial charge < -0.3 is 9.64 Å². The van der Waals surface area contributed by atoms with E-state index in [1.807, 2.05) is 26.0 Å². The van der Waals surface area contributed by atoms with E-state index in [1.165, 1.54) is 19.3 Å². The summed E-state index contributed by atoms with van der Waals surface area (Å²) in [5, 5.41) is 8.29. The van der Waals surface area contributed by atoms with Crippen LogP contribution in [-0.2, 0) is 0 Å². The van der Waals surface area contributed by atoms with Crippen LogP contribution in [0.15, 0.2) is 12.1 Å². The Morgan fingerprint density at radius 2 is 1.88 bits per heavy atom. The summed E-state index contributed by atoms with van der Waals surface area (Å²) in [5.41, 5.74) is 0. The summed E-state index contributed by atoms with van der Waals surface area (Å²) in [6, 6.07) is 3.90. The van der Waals surface area contributed by atoms with Gasteiger partial charge in [-0.1, -0.05) is 0 Å². The lowest BCUT2D eigenvalue weighted by molar-refractivity contribution is 0.230. The summed E-state index contributed by atoms with van der Waals surface area (Å²) in [6.45, 7) is 6.17. The van der Waals surface area contributed by atoms with Crippen LogP contribution in [0.3, 0.4) is 0 Å². The Hall–Kier alpha value is -1.32. The van der Waals surface area contributed by atoms with Crippen LogP contribution in [-0.4, -0.2) is 29.4 Å². The maximum absolute atomic E-state index is 5.46. The number of nitrogens with zero attached hydrogens (tertiary/aromatic N) is 3. The van der Waals surface area contributed by atoms with Crippen LogP contribution in [0.2, 0.25) is 0 Å². The molecule has 0 atom stereocenters. The molecule has 1 aromatic rings. The minimum absolute atomic E-state index is 0.148. The first kappa shape index (κ1) is 11.2. The van der Waals surface area contributed by atoms with Crippen molar-refractivity contribution in [3.8, 4) is 5.88 Å². The zero-order valence-electron chi connectivity index (χ0n) is 10.0. The second kappa shape index (κ2) is 5.14. The Labute approximate surface area is 96.6 Å². The van der Waals surface area contributed by atoms with Crippen LogP contribution in [0.5, 0.6) is 5.88 Å². The van der Waals surface area contributed by atoms with Crippen molar-refractivity contribution in [2.45, 2.75) is 39.2 Å². The minimum Gasteiger partial charge on any atom is -0.474 e. The standard InChI is InChI=1S/C12H19N3O/c1-10(2)16-12-7-6-11(13-14-12)15-8-4-3-5-9-15/h6-7,10H,3-5,8-9H2,1-2H3. The van der Waals surface area contributed by atoms with E-state index in [0.717, 1.165) is 18.9 Å². The third-order valence-electron chi connectivity index (χ3n) is 2.66. The molecule has 1 aromatic heterocycles. The van der Waals surface area contributed by atoms with E-state index in [0.29, 0.717) is 5.88 Å². The van der Waals surface area contributed by atoms with Crippen LogP contribution in [0, 0.1) is 0 Å². The fourth-order valence-corrected chi connectivity index (χ4v) is 1.91. The zero-order chi connectivity index (χ0) is 11.4. The first-order chi connectivity index (χ1) is 7.75. The molecule has 0 spiro atoms. The molecule has 1 aliphatic rings. The lowest BCUT2D eigenvalue weighted by atomic mass is 10.1. The Kier molecular flexibility index (Phi) is 3.59. The first-order valence-electron chi connectivity index (χ1n) is 6.01. The highest BCUT2D eigenvalue weighted by Gasteiger charge is 2.12. The second-order valence-electron chi connectivity index (χ2n) is 4.44. The van der Waals surface area contributed by atoms with E-state index < -0.39 is 0 Å². The molecule has 16 heavy (non-hydrogen) atoms. The summed E-state index contributed by atoms with van der Waals surface area (Å²) in [4.78, 5) is 2.29. The van der Waals surface area contributed by atoms with Crippen LogP contribution in [0.25, 0.3) is 0 Å². The molecular formula is C12H19N3O. The summed E-state index contributed by atoms with van der Waals surface area (Å²) >= 11 is 0. The molecule has 0 N–H and O–H groups in total. The lowest BCUT2D eigenvalue weighted by Gasteiger charge is -2.27. The normalized spacial score (nSPS) is 16.6. The van der Waals surface area contributed by atoms with Crippen molar-refractivity contribution >= 4 is 5.82 Å². The van der Waals surface area contributed by atoms with Gasteiger partial charge in [-0.15, -0.1) is 10.2 Å². The van der Waals surface area contributed by atoms with Crippen molar-refractivity contribution in [2.75, 3.05) is 18.0 Å². The highest BCUT2D eigenvalue weighted by Crippen LogP contribution is 2.18. The van der Waals surface area contributed by atoms with E-state index in [2.05, 4.69) is 15.1 Å². The molecule has 1 fully saturated rings. The molecule has 0 saturated carbocycles. The fourth-order valence-electron chi connectivity index (χ4n) is 1.91. The van der Waals surface area contributed by atoms with Gasteiger partial charge in [-0.2, -0.15) is 0 Å². The molecular weight excluding hydrogens is 202 g/mol. The number of anilines is 1.